The van der Waals surface area contributed by atoms with Gasteiger partial charge >= 0.3 is 11.9 Å². The number of ether oxygens (including phenoxy) is 1. The SMILES string of the molecule is C=C(C)C(=O)Oc1[pH]c(C(=O)O)c(-c2ccccc2)c1CC. The molecule has 0 saturated carbocycles. The van der Waals surface area contributed by atoms with Crippen LogP contribution < -0.4 is 4.74 Å². The molecule has 22 heavy (non-hydrogen) atoms. The molecule has 0 aliphatic heterocycles. The number of benzene rings is 1. The second-order valence-corrected chi connectivity index (χ2v) is 6.08. The van der Waals surface area contributed by atoms with Crippen LogP contribution in [-0.2, 0) is 11.2 Å². The van der Waals surface area contributed by atoms with Crippen molar-refractivity contribution in [1.82, 2.24) is 0 Å². The number of rotatable bonds is 5. The minimum Gasteiger partial charge on any atom is -0.477 e. The highest BCUT2D eigenvalue weighted by Gasteiger charge is 2.23. The van der Waals surface area contributed by atoms with Gasteiger partial charge in [-0.2, -0.15) is 0 Å². The normalized spacial score (nSPS) is 10.6. The molecule has 0 amide bonds. The van der Waals surface area contributed by atoms with Crippen LogP contribution in [0.2, 0.25) is 0 Å². The maximum atomic E-state index is 11.8. The average molecular weight is 316 g/mol. The monoisotopic (exact) mass is 316 g/mol. The van der Waals surface area contributed by atoms with E-state index in [4.69, 9.17) is 4.74 Å². The molecule has 2 rings (SSSR count). The van der Waals surface area contributed by atoms with Crippen LogP contribution in [0, 0.1) is 0 Å². The number of esters is 1. The first-order valence-electron chi connectivity index (χ1n) is 6.87. The van der Waals surface area contributed by atoms with Crippen molar-refractivity contribution in [2.45, 2.75) is 20.3 Å². The molecule has 4 nitrogen and oxygen atoms in total. The molecule has 0 bridgehead atoms. The van der Waals surface area contributed by atoms with Gasteiger partial charge in [0.1, 0.15) is 0 Å². The van der Waals surface area contributed by atoms with Crippen LogP contribution in [0.4, 0.5) is 0 Å². The number of hydrogen-bond acceptors (Lipinski definition) is 3. The standard InChI is InChI=1S/C17H17O4P/c1-4-12-13(11-8-6-5-7-9-11)14(15(18)19)22-17(12)21-16(20)10(2)3/h5-9,22H,2,4H2,1,3H3,(H,18,19). The fraction of sp³-hybridized carbons (Fsp3) is 0.176. The maximum Gasteiger partial charge on any atom is 0.340 e. The lowest BCUT2D eigenvalue weighted by molar-refractivity contribution is -0.129. The van der Waals surface area contributed by atoms with Crippen molar-refractivity contribution >= 4 is 20.1 Å². The lowest BCUT2D eigenvalue weighted by Crippen LogP contribution is -2.08. The highest BCUT2D eigenvalue weighted by molar-refractivity contribution is 7.35. The Morgan fingerprint density at radius 1 is 1.27 bits per heavy atom. The summed E-state index contributed by atoms with van der Waals surface area (Å²) in [5, 5.41) is 9.77. The molecule has 2 aromatic rings. The Bertz CT molecular complexity index is 729. The fourth-order valence-electron chi connectivity index (χ4n) is 2.20. The van der Waals surface area contributed by atoms with Crippen LogP contribution in [0.25, 0.3) is 11.1 Å². The lowest BCUT2D eigenvalue weighted by atomic mass is 10.00. The average Bonchev–Trinajstić information content (AvgIpc) is 2.86. The smallest absolute Gasteiger partial charge is 0.340 e. The summed E-state index contributed by atoms with van der Waals surface area (Å²) in [4.78, 5) is 23.3. The van der Waals surface area contributed by atoms with Gasteiger partial charge in [-0.05, 0) is 18.9 Å². The minimum absolute atomic E-state index is 0.175. The molecular weight excluding hydrogens is 299 g/mol. The zero-order valence-electron chi connectivity index (χ0n) is 12.5. The van der Waals surface area contributed by atoms with Gasteiger partial charge in [0.05, 0.1) is 5.30 Å². The molecule has 1 aromatic heterocycles. The summed E-state index contributed by atoms with van der Waals surface area (Å²) in [6.07, 6.45) is 0.590. The Balaban J connectivity index is 2.61. The van der Waals surface area contributed by atoms with E-state index in [1.807, 2.05) is 37.3 Å². The minimum atomic E-state index is -0.982. The van der Waals surface area contributed by atoms with E-state index in [1.54, 1.807) is 6.92 Å². The van der Waals surface area contributed by atoms with Gasteiger partial charge in [-0.1, -0.05) is 52.0 Å². The van der Waals surface area contributed by atoms with Gasteiger partial charge < -0.3 is 9.84 Å². The number of carboxylic acid groups (broad SMARTS) is 1. The van der Waals surface area contributed by atoms with Crippen LogP contribution in [0.15, 0.2) is 42.5 Å². The highest BCUT2D eigenvalue weighted by atomic mass is 31.0. The van der Waals surface area contributed by atoms with E-state index in [-0.39, 0.29) is 19.1 Å². The van der Waals surface area contributed by atoms with E-state index < -0.39 is 11.9 Å². The van der Waals surface area contributed by atoms with Gasteiger partial charge in [-0.3, -0.25) is 0 Å². The zero-order valence-corrected chi connectivity index (χ0v) is 13.5. The Kier molecular flexibility index (Phi) is 4.84. The number of carboxylic acids is 1. The van der Waals surface area contributed by atoms with Gasteiger partial charge in [0.25, 0.3) is 0 Å². The van der Waals surface area contributed by atoms with Crippen LogP contribution in [0.1, 0.15) is 29.5 Å². The molecule has 1 heterocycles. The van der Waals surface area contributed by atoms with Crippen LogP contribution in [0.3, 0.4) is 0 Å². The number of hydrogen-bond donors (Lipinski definition) is 1. The van der Waals surface area contributed by atoms with Crippen LogP contribution >= 0.6 is 8.19 Å². The lowest BCUT2D eigenvalue weighted by Gasteiger charge is -2.07. The van der Waals surface area contributed by atoms with Crippen LogP contribution in [0.5, 0.6) is 5.48 Å². The highest BCUT2D eigenvalue weighted by Crippen LogP contribution is 2.45. The third-order valence-electron chi connectivity index (χ3n) is 3.24. The molecule has 0 spiro atoms. The first-order chi connectivity index (χ1) is 10.5. The molecular formula is C17H17O4P. The summed E-state index contributed by atoms with van der Waals surface area (Å²) in [5.41, 5.74) is 2.99. The molecule has 114 valence electrons. The second-order valence-electron chi connectivity index (χ2n) is 4.88. The summed E-state index contributed by atoms with van der Waals surface area (Å²) in [6.45, 7) is 7.04. The van der Waals surface area contributed by atoms with Gasteiger partial charge in [0, 0.05) is 16.7 Å². The molecule has 0 radical (unpaired) electrons. The molecule has 0 saturated heterocycles. The van der Waals surface area contributed by atoms with Crippen molar-refractivity contribution < 1.29 is 19.4 Å². The van der Waals surface area contributed by atoms with Crippen molar-refractivity contribution in [2.24, 2.45) is 0 Å². The zero-order chi connectivity index (χ0) is 16.3. The van der Waals surface area contributed by atoms with E-state index >= 15 is 0 Å². The third-order valence-corrected chi connectivity index (χ3v) is 4.58. The number of aromatic carboxylic acids is 1. The van der Waals surface area contributed by atoms with Crippen molar-refractivity contribution in [3.63, 3.8) is 0 Å². The molecule has 0 aliphatic rings. The maximum absolute atomic E-state index is 11.8. The fourth-order valence-corrected chi connectivity index (χ4v) is 3.55. The summed E-state index contributed by atoms with van der Waals surface area (Å²) < 4.78 is 5.36. The van der Waals surface area contributed by atoms with Crippen molar-refractivity contribution in [1.29, 1.82) is 0 Å². The van der Waals surface area contributed by atoms with Crippen LogP contribution in [-0.4, -0.2) is 17.0 Å². The van der Waals surface area contributed by atoms with Crippen molar-refractivity contribution in [3.8, 4) is 16.6 Å². The first kappa shape index (κ1) is 16.1. The first-order valence-corrected chi connectivity index (χ1v) is 7.87. The Morgan fingerprint density at radius 3 is 2.41 bits per heavy atom. The topological polar surface area (TPSA) is 63.6 Å². The second kappa shape index (κ2) is 6.63. The molecule has 0 fully saturated rings. The molecule has 1 atom stereocenters. The number of carbonyl (C=O) groups excluding carboxylic acids is 1. The Morgan fingerprint density at radius 2 is 1.91 bits per heavy atom. The van der Waals surface area contributed by atoms with Crippen molar-refractivity contribution in [2.75, 3.05) is 0 Å². The van der Waals surface area contributed by atoms with E-state index in [0.29, 0.717) is 17.5 Å². The molecule has 1 N–H and O–H groups in total. The molecule has 1 aromatic carbocycles. The van der Waals surface area contributed by atoms with Gasteiger partial charge in [0.15, 0.2) is 5.48 Å². The molecule has 0 aliphatic carbocycles. The number of carbonyl (C=O) groups is 2. The summed E-state index contributed by atoms with van der Waals surface area (Å²) >= 11 is 0. The van der Waals surface area contributed by atoms with E-state index in [9.17, 15) is 14.7 Å². The predicted molar refractivity (Wildman–Crippen MR) is 88.2 cm³/mol. The van der Waals surface area contributed by atoms with Crippen molar-refractivity contribution in [3.05, 3.63) is 53.3 Å². The summed E-state index contributed by atoms with van der Waals surface area (Å²) in [7, 11) is -0.175. The predicted octanol–water partition coefficient (Wildman–Crippen LogP) is 4.13. The third kappa shape index (κ3) is 3.12. The van der Waals surface area contributed by atoms with E-state index in [1.165, 1.54) is 0 Å². The largest absolute Gasteiger partial charge is 0.477 e. The molecule has 5 heteroatoms. The Hall–Kier alpha value is -2.32. The Labute approximate surface area is 130 Å². The van der Waals surface area contributed by atoms with E-state index in [2.05, 4.69) is 6.58 Å². The summed E-state index contributed by atoms with van der Waals surface area (Å²) in [5.74, 6) is -1.50. The van der Waals surface area contributed by atoms with Gasteiger partial charge in [0.2, 0.25) is 0 Å². The quantitative estimate of drug-likeness (QED) is 0.665. The molecule has 1 unspecified atom stereocenters. The van der Waals surface area contributed by atoms with Gasteiger partial charge in [-0.15, -0.1) is 0 Å². The van der Waals surface area contributed by atoms with Gasteiger partial charge in [-0.25, -0.2) is 9.59 Å². The summed E-state index contributed by atoms with van der Waals surface area (Å²) in [6, 6.07) is 9.31. The van der Waals surface area contributed by atoms with E-state index in [0.717, 1.165) is 11.1 Å².